The van der Waals surface area contributed by atoms with E-state index in [-0.39, 0.29) is 6.42 Å². The molecule has 0 aliphatic carbocycles. The lowest BCUT2D eigenvalue weighted by molar-refractivity contribution is -0.111. The lowest BCUT2D eigenvalue weighted by Crippen LogP contribution is -2.31. The highest BCUT2D eigenvalue weighted by Crippen LogP contribution is 2.17. The first kappa shape index (κ1) is 9.05. The second-order valence-electron chi connectivity index (χ2n) is 3.16. The van der Waals surface area contributed by atoms with Crippen LogP contribution < -0.4 is 0 Å². The number of hydrogen-bond donors (Lipinski definition) is 2. The van der Waals surface area contributed by atoms with E-state index in [0.29, 0.717) is 11.4 Å². The molecule has 1 aromatic rings. The van der Waals surface area contributed by atoms with E-state index in [0.717, 1.165) is 0 Å². The van der Waals surface area contributed by atoms with Gasteiger partial charge in [-0.3, -0.25) is 9.98 Å². The van der Waals surface area contributed by atoms with Crippen LogP contribution in [0.15, 0.2) is 41.7 Å². The van der Waals surface area contributed by atoms with Crippen molar-refractivity contribution in [3.8, 4) is 0 Å². The molecule has 1 aromatic heterocycles. The van der Waals surface area contributed by atoms with Crippen LogP contribution in [0, 0.1) is 0 Å². The van der Waals surface area contributed by atoms with Crippen LogP contribution in [0.4, 0.5) is 0 Å². The fourth-order valence-electron chi connectivity index (χ4n) is 1.29. The number of aliphatic imine (C=N–C) groups is 1. The van der Waals surface area contributed by atoms with Gasteiger partial charge in [0.15, 0.2) is 5.79 Å². The average Bonchev–Trinajstić information content (AvgIpc) is 2.18. The summed E-state index contributed by atoms with van der Waals surface area (Å²) >= 11 is 0. The molecule has 1 aliphatic heterocycles. The second-order valence-corrected chi connectivity index (χ2v) is 3.16. The summed E-state index contributed by atoms with van der Waals surface area (Å²) in [5.74, 6) is -1.80. The van der Waals surface area contributed by atoms with Gasteiger partial charge in [-0.25, -0.2) is 0 Å². The van der Waals surface area contributed by atoms with E-state index in [9.17, 15) is 10.2 Å². The monoisotopic (exact) mass is 190 g/mol. The van der Waals surface area contributed by atoms with Crippen molar-refractivity contribution in [3.63, 3.8) is 0 Å². The topological polar surface area (TPSA) is 65.7 Å². The van der Waals surface area contributed by atoms with Crippen molar-refractivity contribution in [2.75, 3.05) is 0 Å². The predicted molar refractivity (Wildman–Crippen MR) is 51.7 cm³/mol. The third-order valence-corrected chi connectivity index (χ3v) is 1.96. The lowest BCUT2D eigenvalue weighted by atomic mass is 10.0. The van der Waals surface area contributed by atoms with Crippen LogP contribution in [0.5, 0.6) is 0 Å². The molecule has 0 fully saturated rings. The molecule has 14 heavy (non-hydrogen) atoms. The summed E-state index contributed by atoms with van der Waals surface area (Å²) in [5, 5.41) is 18.7. The average molecular weight is 190 g/mol. The normalized spacial score (nSPS) is 19.1. The van der Waals surface area contributed by atoms with E-state index in [4.69, 9.17) is 0 Å². The number of rotatable bonds is 1. The number of hydrogen-bond acceptors (Lipinski definition) is 4. The Kier molecular flexibility index (Phi) is 2.15. The summed E-state index contributed by atoms with van der Waals surface area (Å²) in [5.41, 5.74) is 1.25. The van der Waals surface area contributed by atoms with E-state index >= 15 is 0 Å². The molecule has 0 aromatic carbocycles. The van der Waals surface area contributed by atoms with Gasteiger partial charge in [-0.2, -0.15) is 0 Å². The molecule has 0 unspecified atom stereocenters. The first-order valence-corrected chi connectivity index (χ1v) is 4.28. The number of aliphatic hydroxyl groups is 2. The zero-order valence-electron chi connectivity index (χ0n) is 7.46. The van der Waals surface area contributed by atoms with Gasteiger partial charge in [-0.05, 0) is 18.2 Å². The molecular weight excluding hydrogens is 180 g/mol. The Bertz CT molecular complexity index is 382. The molecule has 0 atom stereocenters. The summed E-state index contributed by atoms with van der Waals surface area (Å²) in [4.78, 5) is 8.13. The number of pyridine rings is 1. The largest absolute Gasteiger partial charge is 0.362 e. The maximum atomic E-state index is 9.37. The van der Waals surface area contributed by atoms with Crippen molar-refractivity contribution in [3.05, 3.63) is 42.4 Å². The highest BCUT2D eigenvalue weighted by Gasteiger charge is 2.25. The Labute approximate surface area is 81.3 Å². The minimum Gasteiger partial charge on any atom is -0.362 e. The summed E-state index contributed by atoms with van der Waals surface area (Å²) in [6.07, 6.45) is 4.35. The third-order valence-electron chi connectivity index (χ3n) is 1.96. The molecule has 0 spiro atoms. The van der Waals surface area contributed by atoms with E-state index in [1.54, 1.807) is 18.3 Å². The standard InChI is InChI=1S/C10H10N2O2/c13-10(14)4-6-12-9(7-10)8-3-1-2-5-11-8/h1-6,13-14H,7H2. The van der Waals surface area contributed by atoms with E-state index < -0.39 is 5.79 Å². The molecule has 4 heteroatoms. The lowest BCUT2D eigenvalue weighted by Gasteiger charge is -2.20. The maximum absolute atomic E-state index is 9.37. The first-order chi connectivity index (χ1) is 6.67. The van der Waals surface area contributed by atoms with Crippen LogP contribution in [0.1, 0.15) is 12.1 Å². The predicted octanol–water partition coefficient (Wildman–Crippen LogP) is 0.469. The molecule has 1 aliphatic rings. The summed E-state index contributed by atoms with van der Waals surface area (Å²) in [6.45, 7) is 0. The minimum absolute atomic E-state index is 0.0700. The van der Waals surface area contributed by atoms with Gasteiger partial charge >= 0.3 is 0 Å². The smallest absolute Gasteiger partial charge is 0.190 e. The van der Waals surface area contributed by atoms with Crippen LogP contribution in [0.3, 0.4) is 0 Å². The van der Waals surface area contributed by atoms with Crippen LogP contribution in [-0.2, 0) is 0 Å². The molecule has 0 bridgehead atoms. The molecule has 2 N–H and O–H groups in total. The van der Waals surface area contributed by atoms with Crippen molar-refractivity contribution in [2.45, 2.75) is 12.2 Å². The SMILES string of the molecule is OC1(O)C=CN=C(c2ccccn2)C1. The van der Waals surface area contributed by atoms with E-state index in [1.807, 2.05) is 6.07 Å². The molecular formula is C10H10N2O2. The van der Waals surface area contributed by atoms with Crippen molar-refractivity contribution in [2.24, 2.45) is 4.99 Å². The van der Waals surface area contributed by atoms with Crippen molar-refractivity contribution in [1.29, 1.82) is 0 Å². The van der Waals surface area contributed by atoms with Gasteiger partial charge in [0.2, 0.25) is 0 Å². The van der Waals surface area contributed by atoms with E-state index in [2.05, 4.69) is 9.98 Å². The first-order valence-electron chi connectivity index (χ1n) is 4.28. The molecule has 4 nitrogen and oxygen atoms in total. The molecule has 0 radical (unpaired) electrons. The molecule has 0 saturated heterocycles. The Hall–Kier alpha value is -1.52. The molecule has 2 heterocycles. The fourth-order valence-corrected chi connectivity index (χ4v) is 1.29. The van der Waals surface area contributed by atoms with Crippen LogP contribution in [0.2, 0.25) is 0 Å². The third kappa shape index (κ3) is 1.86. The van der Waals surface area contributed by atoms with E-state index in [1.165, 1.54) is 12.3 Å². The molecule has 72 valence electrons. The Morgan fingerprint density at radius 2 is 2.14 bits per heavy atom. The maximum Gasteiger partial charge on any atom is 0.190 e. The highest BCUT2D eigenvalue weighted by molar-refractivity contribution is 6.00. The van der Waals surface area contributed by atoms with Gasteiger partial charge in [-0.15, -0.1) is 0 Å². The van der Waals surface area contributed by atoms with Gasteiger partial charge in [0.25, 0.3) is 0 Å². The van der Waals surface area contributed by atoms with Gasteiger partial charge in [0, 0.05) is 18.8 Å². The molecule has 0 saturated carbocycles. The van der Waals surface area contributed by atoms with Crippen molar-refractivity contribution >= 4 is 5.71 Å². The zero-order valence-corrected chi connectivity index (χ0v) is 7.46. The Balaban J connectivity index is 2.30. The summed E-state index contributed by atoms with van der Waals surface area (Å²) < 4.78 is 0. The highest BCUT2D eigenvalue weighted by atomic mass is 16.5. The van der Waals surface area contributed by atoms with Crippen LogP contribution in [0.25, 0.3) is 0 Å². The number of aromatic nitrogens is 1. The van der Waals surface area contributed by atoms with Crippen molar-refractivity contribution < 1.29 is 10.2 Å². The van der Waals surface area contributed by atoms with Gasteiger partial charge in [0.1, 0.15) is 0 Å². The summed E-state index contributed by atoms with van der Waals surface area (Å²) in [6, 6.07) is 5.42. The fraction of sp³-hybridized carbons (Fsp3) is 0.200. The van der Waals surface area contributed by atoms with Gasteiger partial charge in [0.05, 0.1) is 11.4 Å². The molecule has 2 rings (SSSR count). The Morgan fingerprint density at radius 1 is 1.29 bits per heavy atom. The quantitative estimate of drug-likeness (QED) is 0.632. The Morgan fingerprint density at radius 3 is 2.79 bits per heavy atom. The second kappa shape index (κ2) is 3.32. The zero-order chi connectivity index (χ0) is 10.0. The minimum atomic E-state index is -1.80. The van der Waals surface area contributed by atoms with Crippen LogP contribution in [-0.4, -0.2) is 26.7 Å². The summed E-state index contributed by atoms with van der Waals surface area (Å²) in [7, 11) is 0. The number of nitrogens with zero attached hydrogens (tertiary/aromatic N) is 2. The van der Waals surface area contributed by atoms with Gasteiger partial charge < -0.3 is 10.2 Å². The molecule has 0 amide bonds. The van der Waals surface area contributed by atoms with Crippen molar-refractivity contribution in [1.82, 2.24) is 4.98 Å². The van der Waals surface area contributed by atoms with Gasteiger partial charge in [-0.1, -0.05) is 6.07 Å². The van der Waals surface area contributed by atoms with Crippen LogP contribution >= 0.6 is 0 Å².